The smallest absolute Gasteiger partial charge is 0.268 e. The molecule has 5 heteroatoms. The van der Waals surface area contributed by atoms with Crippen LogP contribution >= 0.6 is 11.3 Å². The Balaban J connectivity index is 1.51. The third kappa shape index (κ3) is 1.73. The molecular weight excluding hydrogens is 272 g/mol. The van der Waals surface area contributed by atoms with Crippen molar-refractivity contribution >= 4 is 27.5 Å². The lowest BCUT2D eigenvalue weighted by molar-refractivity contribution is -0.0791. The van der Waals surface area contributed by atoms with Gasteiger partial charge in [0.1, 0.15) is 5.69 Å². The highest BCUT2D eigenvalue weighted by Crippen LogP contribution is 2.48. The molecule has 0 saturated heterocycles. The van der Waals surface area contributed by atoms with E-state index in [1.807, 2.05) is 17.5 Å². The second kappa shape index (κ2) is 4.60. The standard InChI is InChI=1S/C15H18N2O2S/c1-19-14-9-4-2-3-8(9)13(14)17-15(18)11-7-12-10(16-11)5-6-20-12/h5-9,13-14,16H,2-4H2,1H3,(H,17,18). The molecule has 4 nitrogen and oxygen atoms in total. The molecule has 4 atom stereocenters. The van der Waals surface area contributed by atoms with Gasteiger partial charge in [0.05, 0.1) is 22.4 Å². The van der Waals surface area contributed by atoms with Gasteiger partial charge in [-0.25, -0.2) is 0 Å². The SMILES string of the molecule is COC1C2CCCC2C1NC(=O)c1cc2sccc2[nH]1. The highest BCUT2D eigenvalue weighted by molar-refractivity contribution is 7.17. The zero-order valence-corrected chi connectivity index (χ0v) is 12.2. The summed E-state index contributed by atoms with van der Waals surface area (Å²) in [6.07, 6.45) is 3.92. The molecule has 0 aromatic carbocycles. The number of amides is 1. The van der Waals surface area contributed by atoms with Crippen LogP contribution in [0.1, 0.15) is 29.8 Å². The fourth-order valence-electron chi connectivity index (χ4n) is 3.95. The average Bonchev–Trinajstić information content (AvgIpc) is 3.09. The minimum absolute atomic E-state index is 0.00852. The fourth-order valence-corrected chi connectivity index (χ4v) is 4.73. The van der Waals surface area contributed by atoms with Gasteiger partial charge in [-0.2, -0.15) is 0 Å². The molecule has 2 aliphatic rings. The Hall–Kier alpha value is -1.33. The van der Waals surface area contributed by atoms with Crippen molar-refractivity contribution in [1.82, 2.24) is 10.3 Å². The summed E-state index contributed by atoms with van der Waals surface area (Å²) in [5.74, 6) is 1.25. The van der Waals surface area contributed by atoms with E-state index in [9.17, 15) is 4.79 Å². The van der Waals surface area contributed by atoms with E-state index in [0.717, 1.165) is 10.2 Å². The van der Waals surface area contributed by atoms with Crippen molar-refractivity contribution in [2.24, 2.45) is 11.8 Å². The predicted octanol–water partition coefficient (Wildman–Crippen LogP) is 2.77. The van der Waals surface area contributed by atoms with Gasteiger partial charge in [0.25, 0.3) is 5.91 Å². The average molecular weight is 290 g/mol. The maximum atomic E-state index is 12.4. The molecule has 1 amide bonds. The Labute approximate surface area is 121 Å². The first-order chi connectivity index (χ1) is 9.78. The third-order valence-corrected chi connectivity index (χ3v) is 5.78. The van der Waals surface area contributed by atoms with E-state index in [4.69, 9.17) is 4.74 Å². The summed E-state index contributed by atoms with van der Waals surface area (Å²) in [5.41, 5.74) is 1.69. The zero-order chi connectivity index (χ0) is 13.7. The number of aromatic nitrogens is 1. The van der Waals surface area contributed by atoms with Crippen LogP contribution in [-0.2, 0) is 4.74 Å². The van der Waals surface area contributed by atoms with E-state index in [-0.39, 0.29) is 18.1 Å². The molecular formula is C15H18N2O2S. The third-order valence-electron chi connectivity index (χ3n) is 4.92. The molecule has 2 aromatic rings. The summed E-state index contributed by atoms with van der Waals surface area (Å²) in [4.78, 5) is 15.6. The minimum Gasteiger partial charge on any atom is -0.379 e. The molecule has 20 heavy (non-hydrogen) atoms. The number of nitrogens with one attached hydrogen (secondary N) is 2. The molecule has 4 rings (SSSR count). The molecule has 2 N–H and O–H groups in total. The normalized spacial score (nSPS) is 32.0. The highest BCUT2D eigenvalue weighted by atomic mass is 32.1. The Morgan fingerprint density at radius 3 is 3.10 bits per heavy atom. The molecule has 2 fully saturated rings. The molecule has 0 radical (unpaired) electrons. The number of carbonyl (C=O) groups excluding carboxylic acids is 1. The van der Waals surface area contributed by atoms with E-state index < -0.39 is 0 Å². The van der Waals surface area contributed by atoms with Crippen molar-refractivity contribution in [3.63, 3.8) is 0 Å². The lowest BCUT2D eigenvalue weighted by atomic mass is 9.68. The van der Waals surface area contributed by atoms with E-state index in [2.05, 4.69) is 10.3 Å². The largest absolute Gasteiger partial charge is 0.379 e. The van der Waals surface area contributed by atoms with Gasteiger partial charge >= 0.3 is 0 Å². The lowest BCUT2D eigenvalue weighted by Crippen LogP contribution is -2.62. The summed E-state index contributed by atoms with van der Waals surface area (Å²) in [6, 6.07) is 4.12. The Kier molecular flexibility index (Phi) is 2.86. The van der Waals surface area contributed by atoms with E-state index >= 15 is 0 Å². The van der Waals surface area contributed by atoms with Crippen molar-refractivity contribution in [2.75, 3.05) is 7.11 Å². The predicted molar refractivity (Wildman–Crippen MR) is 79.1 cm³/mol. The monoisotopic (exact) mass is 290 g/mol. The number of thiophene rings is 1. The summed E-state index contributed by atoms with van der Waals surface area (Å²) in [5, 5.41) is 5.19. The van der Waals surface area contributed by atoms with Crippen molar-refractivity contribution < 1.29 is 9.53 Å². The summed E-state index contributed by atoms with van der Waals surface area (Å²) >= 11 is 1.65. The number of methoxy groups -OCH3 is 1. The second-order valence-electron chi connectivity index (χ2n) is 5.84. The maximum absolute atomic E-state index is 12.4. The molecule has 106 valence electrons. The number of carbonyl (C=O) groups is 1. The number of hydrogen-bond donors (Lipinski definition) is 2. The van der Waals surface area contributed by atoms with E-state index in [0.29, 0.717) is 17.5 Å². The van der Waals surface area contributed by atoms with Crippen LogP contribution in [0.4, 0.5) is 0 Å². The van der Waals surface area contributed by atoms with Crippen LogP contribution < -0.4 is 5.32 Å². The first kappa shape index (κ1) is 12.4. The molecule has 0 bridgehead atoms. The molecule has 0 spiro atoms. The quantitative estimate of drug-likeness (QED) is 0.913. The van der Waals surface area contributed by atoms with E-state index in [1.54, 1.807) is 18.4 Å². The van der Waals surface area contributed by atoms with Crippen molar-refractivity contribution in [2.45, 2.75) is 31.4 Å². The first-order valence-corrected chi connectivity index (χ1v) is 8.06. The fraction of sp³-hybridized carbons (Fsp3) is 0.533. The minimum atomic E-state index is -0.00852. The molecule has 2 aliphatic carbocycles. The second-order valence-corrected chi connectivity index (χ2v) is 6.79. The Morgan fingerprint density at radius 2 is 2.30 bits per heavy atom. The Morgan fingerprint density at radius 1 is 1.45 bits per heavy atom. The van der Waals surface area contributed by atoms with Crippen molar-refractivity contribution in [1.29, 1.82) is 0 Å². The molecule has 2 aromatic heterocycles. The Bertz CT molecular complexity index is 619. The van der Waals surface area contributed by atoms with Crippen molar-refractivity contribution in [3.8, 4) is 0 Å². The van der Waals surface area contributed by atoms with Gasteiger partial charge in [0.15, 0.2) is 0 Å². The van der Waals surface area contributed by atoms with Crippen LogP contribution in [0.15, 0.2) is 17.5 Å². The van der Waals surface area contributed by atoms with Gasteiger partial charge in [0, 0.05) is 7.11 Å². The van der Waals surface area contributed by atoms with Crippen molar-refractivity contribution in [3.05, 3.63) is 23.2 Å². The van der Waals surface area contributed by atoms with Gasteiger partial charge < -0.3 is 15.0 Å². The van der Waals surface area contributed by atoms with E-state index in [1.165, 1.54) is 19.3 Å². The van der Waals surface area contributed by atoms with Crippen LogP contribution in [0.5, 0.6) is 0 Å². The van der Waals surface area contributed by atoms with Crippen LogP contribution in [-0.4, -0.2) is 30.1 Å². The number of rotatable bonds is 3. The van der Waals surface area contributed by atoms with Gasteiger partial charge in [-0.05, 0) is 42.2 Å². The molecule has 4 unspecified atom stereocenters. The zero-order valence-electron chi connectivity index (χ0n) is 11.4. The highest BCUT2D eigenvalue weighted by Gasteiger charge is 2.53. The van der Waals surface area contributed by atoms with Gasteiger partial charge in [-0.1, -0.05) is 6.42 Å². The summed E-state index contributed by atoms with van der Waals surface area (Å²) in [7, 11) is 1.75. The molecule has 0 aliphatic heterocycles. The number of aromatic amines is 1. The maximum Gasteiger partial charge on any atom is 0.268 e. The molecule has 2 saturated carbocycles. The lowest BCUT2D eigenvalue weighted by Gasteiger charge is -2.48. The van der Waals surface area contributed by atoms with Crippen LogP contribution in [0.2, 0.25) is 0 Å². The number of fused-ring (bicyclic) bond motifs is 2. The molecule has 2 heterocycles. The first-order valence-electron chi connectivity index (χ1n) is 7.18. The van der Waals surface area contributed by atoms with Crippen LogP contribution in [0.3, 0.4) is 0 Å². The number of H-pyrrole nitrogens is 1. The number of ether oxygens (including phenoxy) is 1. The van der Waals surface area contributed by atoms with Crippen LogP contribution in [0, 0.1) is 11.8 Å². The summed E-state index contributed by atoms with van der Waals surface area (Å²) in [6.45, 7) is 0. The topological polar surface area (TPSA) is 54.1 Å². The van der Waals surface area contributed by atoms with Gasteiger partial charge in [-0.3, -0.25) is 4.79 Å². The van der Waals surface area contributed by atoms with Gasteiger partial charge in [-0.15, -0.1) is 11.3 Å². The van der Waals surface area contributed by atoms with Gasteiger partial charge in [0.2, 0.25) is 0 Å². The number of hydrogen-bond acceptors (Lipinski definition) is 3. The summed E-state index contributed by atoms with van der Waals surface area (Å²) < 4.78 is 6.70. The van der Waals surface area contributed by atoms with Crippen LogP contribution in [0.25, 0.3) is 10.2 Å².